The maximum atomic E-state index is 12.0. The van der Waals surface area contributed by atoms with Crippen LogP contribution in [0.15, 0.2) is 0 Å². The van der Waals surface area contributed by atoms with Gasteiger partial charge >= 0.3 is 0 Å². The van der Waals surface area contributed by atoms with Crippen molar-refractivity contribution in [3.05, 3.63) is 0 Å². The third kappa shape index (κ3) is 6.63. The molecule has 1 saturated heterocycles. The number of hydrogen-bond acceptors (Lipinski definition) is 4. The van der Waals surface area contributed by atoms with Gasteiger partial charge < -0.3 is 15.5 Å². The fourth-order valence-corrected chi connectivity index (χ4v) is 3.24. The van der Waals surface area contributed by atoms with Gasteiger partial charge in [-0.2, -0.15) is 11.8 Å². The minimum atomic E-state index is 0.00369. The third-order valence-electron chi connectivity index (χ3n) is 3.63. The molecule has 1 heterocycles. The molecule has 0 aliphatic carbocycles. The number of nitrogens with one attached hydrogen (secondary N) is 2. The number of carbonyl (C=O) groups is 1. The Labute approximate surface area is 122 Å². The molecule has 1 fully saturated rings. The van der Waals surface area contributed by atoms with Crippen molar-refractivity contribution in [2.24, 2.45) is 0 Å². The van der Waals surface area contributed by atoms with Gasteiger partial charge in [-0.05, 0) is 39.4 Å². The van der Waals surface area contributed by atoms with Crippen LogP contribution in [0.25, 0.3) is 0 Å². The van der Waals surface area contributed by atoms with Gasteiger partial charge in [0.15, 0.2) is 0 Å². The summed E-state index contributed by atoms with van der Waals surface area (Å²) in [6, 6.07) is 0.278. The molecule has 2 N–H and O–H groups in total. The number of thioether (sulfide) groups is 1. The lowest BCUT2D eigenvalue weighted by Crippen LogP contribution is -2.51. The molecule has 0 radical (unpaired) electrons. The average molecular weight is 287 g/mol. The second-order valence-corrected chi connectivity index (χ2v) is 6.31. The maximum Gasteiger partial charge on any atom is 0.238 e. The Hall–Kier alpha value is -0.260. The van der Waals surface area contributed by atoms with Gasteiger partial charge in [0.25, 0.3) is 0 Å². The van der Waals surface area contributed by atoms with E-state index in [0.717, 1.165) is 50.5 Å². The molecular formula is C14H29N3OS. The van der Waals surface area contributed by atoms with Gasteiger partial charge in [-0.3, -0.25) is 4.79 Å². The Morgan fingerprint density at radius 2 is 2.21 bits per heavy atom. The highest BCUT2D eigenvalue weighted by Gasteiger charge is 2.21. The van der Waals surface area contributed by atoms with E-state index < -0.39 is 0 Å². The lowest BCUT2D eigenvalue weighted by atomic mass is 10.1. The largest absolute Gasteiger partial charge is 0.352 e. The van der Waals surface area contributed by atoms with E-state index in [4.69, 9.17) is 0 Å². The minimum absolute atomic E-state index is 0.00369. The van der Waals surface area contributed by atoms with Crippen LogP contribution < -0.4 is 10.6 Å². The molecule has 0 aromatic heterocycles. The number of rotatable bonds is 8. The van der Waals surface area contributed by atoms with E-state index in [-0.39, 0.29) is 18.0 Å². The van der Waals surface area contributed by atoms with Gasteiger partial charge in [0.2, 0.25) is 5.91 Å². The second kappa shape index (κ2) is 9.61. The van der Waals surface area contributed by atoms with E-state index in [0.29, 0.717) is 0 Å². The summed E-state index contributed by atoms with van der Waals surface area (Å²) in [6.45, 7) is 10.8. The molecule has 19 heavy (non-hydrogen) atoms. The number of nitrogens with zero attached hydrogens (tertiary/aromatic N) is 1. The van der Waals surface area contributed by atoms with E-state index in [9.17, 15) is 4.79 Å². The summed E-state index contributed by atoms with van der Waals surface area (Å²) < 4.78 is 0. The summed E-state index contributed by atoms with van der Waals surface area (Å²) in [5, 5.41) is 6.40. The Kier molecular flexibility index (Phi) is 8.50. The van der Waals surface area contributed by atoms with Crippen LogP contribution in [0, 0.1) is 0 Å². The molecule has 2 unspecified atom stereocenters. The molecule has 5 heteroatoms. The first kappa shape index (κ1) is 16.8. The third-order valence-corrected chi connectivity index (χ3v) is 4.69. The topological polar surface area (TPSA) is 44.4 Å². The predicted molar refractivity (Wildman–Crippen MR) is 83.7 cm³/mol. The molecule has 0 aromatic carbocycles. The minimum Gasteiger partial charge on any atom is -0.352 e. The van der Waals surface area contributed by atoms with Crippen LogP contribution in [0.1, 0.15) is 33.6 Å². The van der Waals surface area contributed by atoms with Gasteiger partial charge in [-0.25, -0.2) is 0 Å². The van der Waals surface area contributed by atoms with Crippen molar-refractivity contribution in [2.75, 3.05) is 37.7 Å². The van der Waals surface area contributed by atoms with Crippen molar-refractivity contribution in [1.82, 2.24) is 15.5 Å². The highest BCUT2D eigenvalue weighted by atomic mass is 32.2. The van der Waals surface area contributed by atoms with Crippen LogP contribution in [-0.2, 0) is 4.79 Å². The van der Waals surface area contributed by atoms with Crippen LogP contribution in [0.4, 0.5) is 0 Å². The van der Waals surface area contributed by atoms with Crippen molar-refractivity contribution in [2.45, 2.75) is 45.7 Å². The maximum absolute atomic E-state index is 12.0. The van der Waals surface area contributed by atoms with Crippen molar-refractivity contribution in [3.63, 3.8) is 0 Å². The van der Waals surface area contributed by atoms with Crippen molar-refractivity contribution in [1.29, 1.82) is 0 Å². The first-order chi connectivity index (χ1) is 9.17. The SMILES string of the molecule is CCN(CC)CCCC(C)NC(=O)C1CSCCN1. The molecule has 0 saturated carbocycles. The Bertz CT molecular complexity index is 253. The molecule has 2 atom stereocenters. The lowest BCUT2D eigenvalue weighted by Gasteiger charge is -2.25. The molecule has 0 spiro atoms. The highest BCUT2D eigenvalue weighted by molar-refractivity contribution is 7.99. The van der Waals surface area contributed by atoms with Crippen LogP contribution in [0.5, 0.6) is 0 Å². The van der Waals surface area contributed by atoms with E-state index in [2.05, 4.69) is 36.3 Å². The lowest BCUT2D eigenvalue weighted by molar-refractivity contribution is -0.123. The molecule has 112 valence electrons. The molecular weight excluding hydrogens is 258 g/mol. The fourth-order valence-electron chi connectivity index (χ4n) is 2.31. The Balaban J connectivity index is 2.15. The smallest absolute Gasteiger partial charge is 0.238 e. The zero-order chi connectivity index (χ0) is 14.1. The average Bonchev–Trinajstić information content (AvgIpc) is 2.44. The number of amides is 1. The van der Waals surface area contributed by atoms with Crippen molar-refractivity contribution >= 4 is 17.7 Å². The van der Waals surface area contributed by atoms with Crippen molar-refractivity contribution in [3.8, 4) is 0 Å². The summed E-state index contributed by atoms with van der Waals surface area (Å²) in [6.07, 6.45) is 2.21. The first-order valence-corrected chi connectivity index (χ1v) is 8.66. The monoisotopic (exact) mass is 287 g/mol. The fraction of sp³-hybridized carbons (Fsp3) is 0.929. The zero-order valence-corrected chi connectivity index (χ0v) is 13.4. The molecule has 1 rings (SSSR count). The van der Waals surface area contributed by atoms with Gasteiger partial charge in [0, 0.05) is 24.1 Å². The van der Waals surface area contributed by atoms with Crippen LogP contribution in [-0.4, -0.2) is 60.6 Å². The van der Waals surface area contributed by atoms with E-state index in [1.807, 2.05) is 11.8 Å². The second-order valence-electron chi connectivity index (χ2n) is 5.16. The molecule has 1 aliphatic rings. The summed E-state index contributed by atoms with van der Waals surface area (Å²) in [5.41, 5.74) is 0. The predicted octanol–water partition coefficient (Wildman–Crippen LogP) is 1.32. The summed E-state index contributed by atoms with van der Waals surface area (Å²) in [4.78, 5) is 14.4. The normalized spacial score (nSPS) is 21.4. The number of carbonyl (C=O) groups excluding carboxylic acids is 1. The van der Waals surface area contributed by atoms with E-state index in [1.54, 1.807) is 0 Å². The van der Waals surface area contributed by atoms with Crippen LogP contribution in [0.3, 0.4) is 0 Å². The van der Waals surface area contributed by atoms with Gasteiger partial charge in [0.05, 0.1) is 6.04 Å². The molecule has 0 aromatic rings. The van der Waals surface area contributed by atoms with Gasteiger partial charge in [-0.1, -0.05) is 13.8 Å². The molecule has 4 nitrogen and oxygen atoms in total. The Morgan fingerprint density at radius 3 is 2.79 bits per heavy atom. The van der Waals surface area contributed by atoms with Crippen molar-refractivity contribution < 1.29 is 4.79 Å². The van der Waals surface area contributed by atoms with E-state index >= 15 is 0 Å². The Morgan fingerprint density at radius 1 is 1.47 bits per heavy atom. The van der Waals surface area contributed by atoms with Gasteiger partial charge in [-0.15, -0.1) is 0 Å². The standard InChI is InChI=1S/C14H29N3OS/c1-4-17(5-2)9-6-7-12(3)16-14(18)13-11-19-10-8-15-13/h12-13,15H,4-11H2,1-3H3,(H,16,18). The summed E-state index contributed by atoms with van der Waals surface area (Å²) in [7, 11) is 0. The van der Waals surface area contributed by atoms with Crippen LogP contribution in [0.2, 0.25) is 0 Å². The summed E-state index contributed by atoms with van der Waals surface area (Å²) in [5.74, 6) is 2.18. The summed E-state index contributed by atoms with van der Waals surface area (Å²) >= 11 is 1.86. The quantitative estimate of drug-likeness (QED) is 0.707. The molecule has 0 bridgehead atoms. The highest BCUT2D eigenvalue weighted by Crippen LogP contribution is 2.08. The molecule has 1 amide bonds. The number of hydrogen-bond donors (Lipinski definition) is 2. The van der Waals surface area contributed by atoms with Gasteiger partial charge in [0.1, 0.15) is 0 Å². The zero-order valence-electron chi connectivity index (χ0n) is 12.6. The first-order valence-electron chi connectivity index (χ1n) is 7.51. The van der Waals surface area contributed by atoms with E-state index in [1.165, 1.54) is 0 Å². The molecule has 1 aliphatic heterocycles. The van der Waals surface area contributed by atoms with Crippen LogP contribution >= 0.6 is 11.8 Å².